The molecule has 0 bridgehead atoms. The number of carbonyl (C=O) groups is 2. The number of carbonyl (C=O) groups excluding carboxylic acids is 2. The summed E-state index contributed by atoms with van der Waals surface area (Å²) >= 11 is 0. The molecular formula is C27H26N2O3. The number of hydrogen-bond donors (Lipinski definition) is 0. The van der Waals surface area contributed by atoms with Crippen molar-refractivity contribution in [2.24, 2.45) is 0 Å². The topological polar surface area (TPSA) is 49.9 Å². The highest BCUT2D eigenvalue weighted by Crippen LogP contribution is 2.17. The van der Waals surface area contributed by atoms with Crippen LogP contribution in [0.5, 0.6) is 5.75 Å². The van der Waals surface area contributed by atoms with Gasteiger partial charge in [0, 0.05) is 37.8 Å². The van der Waals surface area contributed by atoms with Crippen molar-refractivity contribution in [2.45, 2.75) is 6.61 Å². The molecule has 0 atom stereocenters. The van der Waals surface area contributed by atoms with Crippen LogP contribution in [-0.4, -0.2) is 47.8 Å². The van der Waals surface area contributed by atoms with E-state index in [0.717, 1.165) is 16.9 Å². The Kier molecular flexibility index (Phi) is 6.98. The van der Waals surface area contributed by atoms with Crippen molar-refractivity contribution < 1.29 is 14.3 Å². The van der Waals surface area contributed by atoms with Crippen LogP contribution in [0.1, 0.15) is 21.5 Å². The molecule has 3 aromatic rings. The molecule has 0 saturated carbocycles. The normalized spacial score (nSPS) is 13.9. The van der Waals surface area contributed by atoms with E-state index in [9.17, 15) is 9.59 Å². The van der Waals surface area contributed by atoms with E-state index in [1.54, 1.807) is 22.0 Å². The molecule has 1 heterocycles. The van der Waals surface area contributed by atoms with Gasteiger partial charge >= 0.3 is 0 Å². The second kappa shape index (κ2) is 10.4. The molecule has 5 nitrogen and oxygen atoms in total. The van der Waals surface area contributed by atoms with E-state index in [1.165, 1.54) is 0 Å². The van der Waals surface area contributed by atoms with E-state index in [0.29, 0.717) is 38.3 Å². The zero-order valence-electron chi connectivity index (χ0n) is 17.9. The van der Waals surface area contributed by atoms with Crippen LogP contribution < -0.4 is 4.74 Å². The van der Waals surface area contributed by atoms with Crippen molar-refractivity contribution in [3.05, 3.63) is 108 Å². The van der Waals surface area contributed by atoms with E-state index >= 15 is 0 Å². The summed E-state index contributed by atoms with van der Waals surface area (Å²) in [6.07, 6.45) is 3.39. The molecule has 1 aliphatic rings. The third kappa shape index (κ3) is 5.64. The summed E-state index contributed by atoms with van der Waals surface area (Å²) in [6.45, 7) is 2.63. The molecule has 0 unspecified atom stereocenters. The Morgan fingerprint density at radius 1 is 0.781 bits per heavy atom. The first-order valence-electron chi connectivity index (χ1n) is 10.8. The molecule has 5 heteroatoms. The predicted octanol–water partition coefficient (Wildman–Crippen LogP) is 4.26. The molecule has 3 aromatic carbocycles. The molecular weight excluding hydrogens is 400 g/mol. The van der Waals surface area contributed by atoms with Gasteiger partial charge in [-0.1, -0.05) is 60.7 Å². The van der Waals surface area contributed by atoms with Gasteiger partial charge in [-0.2, -0.15) is 0 Å². The molecule has 0 N–H and O–H groups in total. The highest BCUT2D eigenvalue weighted by molar-refractivity contribution is 5.95. The van der Waals surface area contributed by atoms with E-state index in [4.69, 9.17) is 4.74 Å². The van der Waals surface area contributed by atoms with Crippen molar-refractivity contribution in [1.82, 2.24) is 9.80 Å². The average Bonchev–Trinajstić information content (AvgIpc) is 2.87. The third-order valence-corrected chi connectivity index (χ3v) is 5.42. The predicted molar refractivity (Wildman–Crippen MR) is 125 cm³/mol. The number of nitrogens with zero attached hydrogens (tertiary/aromatic N) is 2. The second-order valence-corrected chi connectivity index (χ2v) is 7.66. The molecule has 1 aliphatic heterocycles. The lowest BCUT2D eigenvalue weighted by Crippen LogP contribution is -2.50. The van der Waals surface area contributed by atoms with Gasteiger partial charge < -0.3 is 14.5 Å². The Morgan fingerprint density at radius 3 is 2.16 bits per heavy atom. The van der Waals surface area contributed by atoms with E-state index in [1.807, 2.05) is 84.9 Å². The zero-order chi connectivity index (χ0) is 22.2. The summed E-state index contributed by atoms with van der Waals surface area (Å²) in [5, 5.41) is 0. The standard InChI is InChI=1S/C27H26N2O3/c30-26(28-16-18-29(19-17-28)27(31)24-11-5-2-6-12-24)15-14-22-10-7-13-25(20-22)32-21-23-8-3-1-4-9-23/h1-15,20H,16-19,21H2/b15-14+. The van der Waals surface area contributed by atoms with E-state index < -0.39 is 0 Å². The monoisotopic (exact) mass is 426 g/mol. The highest BCUT2D eigenvalue weighted by atomic mass is 16.5. The molecule has 162 valence electrons. The molecule has 32 heavy (non-hydrogen) atoms. The van der Waals surface area contributed by atoms with Gasteiger partial charge in [-0.05, 0) is 41.5 Å². The lowest BCUT2D eigenvalue weighted by atomic mass is 10.1. The SMILES string of the molecule is O=C(/C=C/c1cccc(OCc2ccccc2)c1)N1CCN(C(=O)c2ccccc2)CC1. The fourth-order valence-electron chi connectivity index (χ4n) is 3.62. The van der Waals surface area contributed by atoms with Crippen LogP contribution in [-0.2, 0) is 11.4 Å². The average molecular weight is 427 g/mol. The molecule has 1 fully saturated rings. The molecule has 4 rings (SSSR count). The van der Waals surface area contributed by atoms with Gasteiger partial charge in [0.1, 0.15) is 12.4 Å². The molecule has 2 amide bonds. The number of amides is 2. The van der Waals surface area contributed by atoms with Crippen molar-refractivity contribution in [3.8, 4) is 5.75 Å². The van der Waals surface area contributed by atoms with E-state index in [2.05, 4.69) is 0 Å². The summed E-state index contributed by atoms with van der Waals surface area (Å²) in [7, 11) is 0. The van der Waals surface area contributed by atoms with Gasteiger partial charge in [-0.15, -0.1) is 0 Å². The fourth-order valence-corrected chi connectivity index (χ4v) is 3.62. The molecule has 0 spiro atoms. The van der Waals surface area contributed by atoms with Gasteiger partial charge in [0.05, 0.1) is 0 Å². The van der Waals surface area contributed by atoms with Crippen LogP contribution in [0.3, 0.4) is 0 Å². The number of rotatable bonds is 6. The minimum atomic E-state index is -0.0487. The molecule has 0 radical (unpaired) electrons. The quantitative estimate of drug-likeness (QED) is 0.554. The van der Waals surface area contributed by atoms with Crippen molar-refractivity contribution >= 4 is 17.9 Å². The Morgan fingerprint density at radius 2 is 1.44 bits per heavy atom. The summed E-state index contributed by atoms with van der Waals surface area (Å²) < 4.78 is 5.86. The van der Waals surface area contributed by atoms with Gasteiger partial charge in [0.2, 0.25) is 5.91 Å². The second-order valence-electron chi connectivity index (χ2n) is 7.66. The molecule has 0 aromatic heterocycles. The molecule has 1 saturated heterocycles. The zero-order valence-corrected chi connectivity index (χ0v) is 17.9. The maximum atomic E-state index is 12.6. The first kappa shape index (κ1) is 21.4. The van der Waals surface area contributed by atoms with Crippen LogP contribution in [0, 0.1) is 0 Å². The van der Waals surface area contributed by atoms with Crippen LogP contribution in [0.25, 0.3) is 6.08 Å². The van der Waals surface area contributed by atoms with Gasteiger partial charge in [-0.3, -0.25) is 9.59 Å². The summed E-state index contributed by atoms with van der Waals surface area (Å²) in [5.41, 5.74) is 2.69. The van der Waals surface area contributed by atoms with Crippen LogP contribution in [0.15, 0.2) is 91.0 Å². The maximum Gasteiger partial charge on any atom is 0.253 e. The lowest BCUT2D eigenvalue weighted by molar-refractivity contribution is -0.127. The van der Waals surface area contributed by atoms with Crippen LogP contribution >= 0.6 is 0 Å². The van der Waals surface area contributed by atoms with Crippen molar-refractivity contribution in [1.29, 1.82) is 0 Å². The Labute approximate surface area is 188 Å². The van der Waals surface area contributed by atoms with Crippen molar-refractivity contribution in [3.63, 3.8) is 0 Å². The summed E-state index contributed by atoms with van der Waals surface area (Å²) in [5.74, 6) is 0.726. The minimum absolute atomic E-state index is 0.0144. The Hall–Kier alpha value is -3.86. The number of benzene rings is 3. The first-order valence-corrected chi connectivity index (χ1v) is 10.8. The fraction of sp³-hybridized carbons (Fsp3) is 0.185. The largest absolute Gasteiger partial charge is 0.489 e. The summed E-state index contributed by atoms with van der Waals surface area (Å²) in [6, 6.07) is 26.9. The number of hydrogen-bond acceptors (Lipinski definition) is 3. The van der Waals surface area contributed by atoms with Crippen molar-refractivity contribution in [2.75, 3.05) is 26.2 Å². The third-order valence-electron chi connectivity index (χ3n) is 5.42. The van der Waals surface area contributed by atoms with Crippen LogP contribution in [0.2, 0.25) is 0 Å². The molecule has 0 aliphatic carbocycles. The lowest BCUT2D eigenvalue weighted by Gasteiger charge is -2.34. The summed E-state index contributed by atoms with van der Waals surface area (Å²) in [4.78, 5) is 28.8. The van der Waals surface area contributed by atoms with Crippen LogP contribution in [0.4, 0.5) is 0 Å². The van der Waals surface area contributed by atoms with Gasteiger partial charge in [-0.25, -0.2) is 0 Å². The highest BCUT2D eigenvalue weighted by Gasteiger charge is 2.23. The van der Waals surface area contributed by atoms with Gasteiger partial charge in [0.15, 0.2) is 0 Å². The number of piperazine rings is 1. The Bertz CT molecular complexity index is 1070. The maximum absolute atomic E-state index is 12.6. The smallest absolute Gasteiger partial charge is 0.253 e. The minimum Gasteiger partial charge on any atom is -0.489 e. The first-order chi connectivity index (χ1) is 15.7. The van der Waals surface area contributed by atoms with Gasteiger partial charge in [0.25, 0.3) is 5.91 Å². The van der Waals surface area contributed by atoms with E-state index in [-0.39, 0.29) is 11.8 Å². The Balaban J connectivity index is 1.29. The number of ether oxygens (including phenoxy) is 1.